The maximum atomic E-state index is 12.1. The number of aromatic hydroxyl groups is 1. The molecule has 0 spiro atoms. The molecule has 5 nitrogen and oxygen atoms in total. The summed E-state index contributed by atoms with van der Waals surface area (Å²) in [5, 5.41) is 18.6. The molecule has 1 aliphatic rings. The molecule has 2 rings (SSSR count). The van der Waals surface area contributed by atoms with Gasteiger partial charge in [-0.1, -0.05) is 22.9 Å². The monoisotopic (exact) mass is 327 g/mol. The fourth-order valence-electron chi connectivity index (χ4n) is 2.05. The van der Waals surface area contributed by atoms with Gasteiger partial charge in [0.2, 0.25) is 0 Å². The van der Waals surface area contributed by atoms with Crippen LogP contribution in [0.4, 0.5) is 0 Å². The number of phenols is 1. The highest BCUT2D eigenvalue weighted by Crippen LogP contribution is 2.29. The van der Waals surface area contributed by atoms with Crippen LogP contribution in [0.1, 0.15) is 17.3 Å². The largest absolute Gasteiger partial charge is 0.507 e. The van der Waals surface area contributed by atoms with E-state index < -0.39 is 11.9 Å². The normalized spacial score (nSPS) is 16.8. The summed E-state index contributed by atoms with van der Waals surface area (Å²) in [6.45, 7) is 2.47. The number of hydrogen-bond donors (Lipinski definition) is 2. The molecule has 6 heteroatoms. The van der Waals surface area contributed by atoms with E-state index >= 15 is 0 Å². The van der Waals surface area contributed by atoms with E-state index in [1.54, 1.807) is 24.0 Å². The molecular weight excluding hydrogens is 314 g/mol. The van der Waals surface area contributed by atoms with Crippen molar-refractivity contribution in [1.29, 1.82) is 0 Å². The summed E-state index contributed by atoms with van der Waals surface area (Å²) < 4.78 is 0.713. The average molecular weight is 328 g/mol. The topological polar surface area (TPSA) is 77.8 Å². The Bertz CT molecular complexity index is 525. The summed E-state index contributed by atoms with van der Waals surface area (Å²) in [5.74, 6) is -1.66. The molecule has 19 heavy (non-hydrogen) atoms. The standard InChI is InChI=1S/C13H14BrNO4/c1-7(13(18)19)8-5-15(6-8)12(17)10-4-9(14)2-3-11(10)16/h2-4,7-8,16H,5-6H2,1H3,(H,18,19). The molecule has 0 aliphatic carbocycles. The lowest BCUT2D eigenvalue weighted by molar-refractivity contribution is -0.144. The second-order valence-electron chi connectivity index (χ2n) is 4.76. The van der Waals surface area contributed by atoms with Crippen molar-refractivity contribution >= 4 is 27.8 Å². The van der Waals surface area contributed by atoms with Crippen LogP contribution in [0.25, 0.3) is 0 Å². The first-order chi connectivity index (χ1) is 8.90. The number of benzene rings is 1. The van der Waals surface area contributed by atoms with Gasteiger partial charge < -0.3 is 15.1 Å². The number of carbonyl (C=O) groups is 2. The Morgan fingerprint density at radius 2 is 2.05 bits per heavy atom. The Morgan fingerprint density at radius 3 is 2.63 bits per heavy atom. The summed E-state index contributed by atoms with van der Waals surface area (Å²) in [5.41, 5.74) is 0.232. The SMILES string of the molecule is CC(C(=O)O)C1CN(C(=O)c2cc(Br)ccc2O)C1. The van der Waals surface area contributed by atoms with E-state index in [-0.39, 0.29) is 23.1 Å². The maximum absolute atomic E-state index is 12.1. The molecule has 1 fully saturated rings. The first-order valence-corrected chi connectivity index (χ1v) is 6.70. The van der Waals surface area contributed by atoms with Crippen molar-refractivity contribution in [3.8, 4) is 5.75 Å². The lowest BCUT2D eigenvalue weighted by Crippen LogP contribution is -2.53. The summed E-state index contributed by atoms with van der Waals surface area (Å²) >= 11 is 3.25. The molecule has 0 aromatic heterocycles. The number of nitrogens with zero attached hydrogens (tertiary/aromatic N) is 1. The lowest BCUT2D eigenvalue weighted by atomic mass is 9.86. The van der Waals surface area contributed by atoms with Gasteiger partial charge in [-0.3, -0.25) is 9.59 Å². The molecule has 1 aromatic rings. The zero-order valence-electron chi connectivity index (χ0n) is 10.3. The molecule has 2 N–H and O–H groups in total. The molecule has 1 atom stereocenters. The lowest BCUT2D eigenvalue weighted by Gasteiger charge is -2.41. The number of amides is 1. The second-order valence-corrected chi connectivity index (χ2v) is 5.67. The van der Waals surface area contributed by atoms with E-state index in [0.717, 1.165) is 0 Å². The fourth-order valence-corrected chi connectivity index (χ4v) is 2.41. The number of likely N-dealkylation sites (tertiary alicyclic amines) is 1. The molecule has 1 saturated heterocycles. The molecule has 0 saturated carbocycles. The zero-order chi connectivity index (χ0) is 14.2. The molecule has 102 valence electrons. The highest BCUT2D eigenvalue weighted by atomic mass is 79.9. The third-order valence-corrected chi connectivity index (χ3v) is 3.98. The first-order valence-electron chi connectivity index (χ1n) is 5.90. The van der Waals surface area contributed by atoms with Crippen LogP contribution in [0, 0.1) is 11.8 Å². The molecule has 1 aliphatic heterocycles. The van der Waals surface area contributed by atoms with Crippen LogP contribution < -0.4 is 0 Å². The van der Waals surface area contributed by atoms with E-state index in [9.17, 15) is 14.7 Å². The predicted octanol–water partition coefficient (Wildman–Crippen LogP) is 1.95. The number of carboxylic acid groups (broad SMARTS) is 1. The molecule has 1 aromatic carbocycles. The number of phenolic OH excluding ortho intramolecular Hbond substituents is 1. The van der Waals surface area contributed by atoms with Crippen molar-refractivity contribution in [2.45, 2.75) is 6.92 Å². The van der Waals surface area contributed by atoms with Gasteiger partial charge in [0.25, 0.3) is 5.91 Å². The number of hydrogen-bond acceptors (Lipinski definition) is 3. The van der Waals surface area contributed by atoms with Crippen LogP contribution >= 0.6 is 15.9 Å². The van der Waals surface area contributed by atoms with Gasteiger partial charge in [-0.25, -0.2) is 0 Å². The average Bonchev–Trinajstić information content (AvgIpc) is 2.29. The van der Waals surface area contributed by atoms with E-state index in [1.165, 1.54) is 6.07 Å². The number of carboxylic acids is 1. The highest BCUT2D eigenvalue weighted by Gasteiger charge is 2.37. The molecule has 0 bridgehead atoms. The van der Waals surface area contributed by atoms with E-state index in [4.69, 9.17) is 5.11 Å². The highest BCUT2D eigenvalue weighted by molar-refractivity contribution is 9.10. The van der Waals surface area contributed by atoms with Gasteiger partial charge in [0.1, 0.15) is 5.75 Å². The van der Waals surface area contributed by atoms with Crippen molar-refractivity contribution in [3.63, 3.8) is 0 Å². The predicted molar refractivity (Wildman–Crippen MR) is 72.0 cm³/mol. The van der Waals surface area contributed by atoms with Gasteiger partial charge in [-0.2, -0.15) is 0 Å². The van der Waals surface area contributed by atoms with Gasteiger partial charge in [-0.05, 0) is 18.2 Å². The van der Waals surface area contributed by atoms with Gasteiger partial charge >= 0.3 is 5.97 Å². The van der Waals surface area contributed by atoms with E-state index in [0.29, 0.717) is 17.6 Å². The fraction of sp³-hybridized carbons (Fsp3) is 0.385. The first kappa shape index (κ1) is 13.9. The van der Waals surface area contributed by atoms with Crippen molar-refractivity contribution < 1.29 is 19.8 Å². The maximum Gasteiger partial charge on any atom is 0.306 e. The Labute approximate surface area is 119 Å². The van der Waals surface area contributed by atoms with E-state index in [2.05, 4.69) is 15.9 Å². The van der Waals surface area contributed by atoms with Gasteiger partial charge in [0, 0.05) is 23.5 Å². The zero-order valence-corrected chi connectivity index (χ0v) is 11.9. The van der Waals surface area contributed by atoms with Gasteiger partial charge in [0.15, 0.2) is 0 Å². The summed E-state index contributed by atoms with van der Waals surface area (Å²) in [6.07, 6.45) is 0. The van der Waals surface area contributed by atoms with Crippen molar-refractivity contribution in [2.75, 3.05) is 13.1 Å². The summed E-state index contributed by atoms with van der Waals surface area (Å²) in [6, 6.07) is 4.66. The number of aliphatic carboxylic acids is 1. The van der Waals surface area contributed by atoms with Crippen LogP contribution in [-0.4, -0.2) is 40.1 Å². The molecule has 0 radical (unpaired) electrons. The summed E-state index contributed by atoms with van der Waals surface area (Å²) in [4.78, 5) is 24.5. The minimum atomic E-state index is -0.845. The minimum Gasteiger partial charge on any atom is -0.507 e. The van der Waals surface area contributed by atoms with Crippen LogP contribution in [0.3, 0.4) is 0 Å². The van der Waals surface area contributed by atoms with Gasteiger partial charge in [0.05, 0.1) is 11.5 Å². The smallest absolute Gasteiger partial charge is 0.306 e. The third-order valence-electron chi connectivity index (χ3n) is 3.48. The quantitative estimate of drug-likeness (QED) is 0.889. The molecular formula is C13H14BrNO4. The van der Waals surface area contributed by atoms with Crippen LogP contribution in [0.2, 0.25) is 0 Å². The number of halogens is 1. The van der Waals surface area contributed by atoms with Crippen molar-refractivity contribution in [1.82, 2.24) is 4.90 Å². The molecule has 1 heterocycles. The Morgan fingerprint density at radius 1 is 1.42 bits per heavy atom. The molecule has 1 unspecified atom stereocenters. The number of carbonyl (C=O) groups excluding carboxylic acids is 1. The Kier molecular flexibility index (Phi) is 3.80. The van der Waals surface area contributed by atoms with Crippen LogP contribution in [0.15, 0.2) is 22.7 Å². The van der Waals surface area contributed by atoms with Crippen LogP contribution in [-0.2, 0) is 4.79 Å². The minimum absolute atomic E-state index is 0.0178. The van der Waals surface area contributed by atoms with Crippen molar-refractivity contribution in [3.05, 3.63) is 28.2 Å². The second kappa shape index (κ2) is 5.21. The molecule has 1 amide bonds. The Hall–Kier alpha value is -1.56. The third kappa shape index (κ3) is 2.73. The van der Waals surface area contributed by atoms with Crippen LogP contribution in [0.5, 0.6) is 5.75 Å². The van der Waals surface area contributed by atoms with Gasteiger partial charge in [-0.15, -0.1) is 0 Å². The van der Waals surface area contributed by atoms with E-state index in [1.807, 2.05) is 0 Å². The Balaban J connectivity index is 2.04. The van der Waals surface area contributed by atoms with Crippen molar-refractivity contribution in [2.24, 2.45) is 11.8 Å². The number of rotatable bonds is 3. The summed E-state index contributed by atoms with van der Waals surface area (Å²) in [7, 11) is 0.